The van der Waals surface area contributed by atoms with E-state index in [0.717, 1.165) is 12.8 Å². The maximum absolute atomic E-state index is 11.9. The number of benzene rings is 2. The van der Waals surface area contributed by atoms with E-state index in [1.54, 1.807) is 31.4 Å². The van der Waals surface area contributed by atoms with Gasteiger partial charge in [0.05, 0.1) is 19.8 Å². The van der Waals surface area contributed by atoms with Gasteiger partial charge in [0.2, 0.25) is 0 Å². The van der Waals surface area contributed by atoms with Gasteiger partial charge in [-0.15, -0.1) is 0 Å². The fourth-order valence-electron chi connectivity index (χ4n) is 3.50. The molecule has 2 aromatic carbocycles. The third-order valence-electron chi connectivity index (χ3n) is 5.31. The molecular weight excluding hydrogens is 392 g/mol. The van der Waals surface area contributed by atoms with Gasteiger partial charge in [0, 0.05) is 5.92 Å². The second-order valence-electron chi connectivity index (χ2n) is 7.46. The van der Waals surface area contributed by atoms with Crippen molar-refractivity contribution >= 4 is 6.16 Å². The highest BCUT2D eigenvalue weighted by atomic mass is 16.7. The highest BCUT2D eigenvalue weighted by Gasteiger charge is 2.24. The first-order valence-electron chi connectivity index (χ1n) is 10.9. The molecule has 0 aliphatic heterocycles. The van der Waals surface area contributed by atoms with E-state index in [0.29, 0.717) is 24.0 Å². The summed E-state index contributed by atoms with van der Waals surface area (Å²) < 4.78 is 21.7. The summed E-state index contributed by atoms with van der Waals surface area (Å²) >= 11 is 0. The Labute approximate surface area is 186 Å². The number of rotatable bonds is 12. The Bertz CT molecular complexity index is 781. The van der Waals surface area contributed by atoms with Gasteiger partial charge in [0.15, 0.2) is 0 Å². The van der Waals surface area contributed by atoms with Gasteiger partial charge in [-0.3, -0.25) is 0 Å². The third kappa shape index (κ3) is 8.46. The van der Waals surface area contributed by atoms with Crippen molar-refractivity contribution in [2.45, 2.75) is 46.3 Å². The van der Waals surface area contributed by atoms with E-state index < -0.39 is 6.16 Å². The number of carbonyl (C=O) groups is 1. The van der Waals surface area contributed by atoms with Crippen molar-refractivity contribution in [3.05, 3.63) is 72.3 Å². The SMILES string of the molecule is CCC(CC)[C@H](OCc1ccccc1)[C@@H](C)/C=C/COC(=O)Oc1ccc(OC)cc1. The quantitative estimate of drug-likeness (QED) is 0.222. The summed E-state index contributed by atoms with van der Waals surface area (Å²) in [6.45, 7) is 7.27. The normalized spacial score (nSPS) is 13.2. The average molecular weight is 427 g/mol. The van der Waals surface area contributed by atoms with Crippen LogP contribution in [0, 0.1) is 11.8 Å². The van der Waals surface area contributed by atoms with Crippen LogP contribution in [0.5, 0.6) is 11.5 Å². The summed E-state index contributed by atoms with van der Waals surface area (Å²) in [6, 6.07) is 17.0. The first kappa shape index (κ1) is 24.5. The van der Waals surface area contributed by atoms with Gasteiger partial charge >= 0.3 is 6.16 Å². The molecule has 0 amide bonds. The van der Waals surface area contributed by atoms with Crippen LogP contribution in [0.15, 0.2) is 66.7 Å². The lowest BCUT2D eigenvalue weighted by Crippen LogP contribution is -2.29. The molecule has 2 aromatic rings. The zero-order valence-electron chi connectivity index (χ0n) is 19.0. The largest absolute Gasteiger partial charge is 0.514 e. The molecular formula is C26H34O5. The first-order valence-corrected chi connectivity index (χ1v) is 10.9. The first-order chi connectivity index (χ1) is 15.1. The van der Waals surface area contributed by atoms with Crippen LogP contribution < -0.4 is 9.47 Å². The molecule has 168 valence electrons. The molecule has 5 nitrogen and oxygen atoms in total. The van der Waals surface area contributed by atoms with Crippen molar-refractivity contribution in [1.29, 1.82) is 0 Å². The fourth-order valence-corrected chi connectivity index (χ4v) is 3.50. The van der Waals surface area contributed by atoms with Crippen molar-refractivity contribution < 1.29 is 23.7 Å². The maximum atomic E-state index is 11.9. The molecule has 5 heteroatoms. The van der Waals surface area contributed by atoms with Crippen LogP contribution in [0.1, 0.15) is 39.2 Å². The van der Waals surface area contributed by atoms with Gasteiger partial charge in [-0.05, 0) is 35.7 Å². The highest BCUT2D eigenvalue weighted by molar-refractivity contribution is 5.63. The second-order valence-corrected chi connectivity index (χ2v) is 7.46. The predicted octanol–water partition coefficient (Wildman–Crippen LogP) is 6.42. The summed E-state index contributed by atoms with van der Waals surface area (Å²) in [7, 11) is 1.58. The monoisotopic (exact) mass is 426 g/mol. The van der Waals surface area contributed by atoms with Gasteiger partial charge in [0.25, 0.3) is 0 Å². The molecule has 0 radical (unpaired) electrons. The lowest BCUT2D eigenvalue weighted by Gasteiger charge is -2.29. The standard InChI is InChI=1S/C26H34O5/c1-5-22(6-2)25(30-19-21-12-8-7-9-13-21)20(3)11-10-18-29-26(27)31-24-16-14-23(28-4)15-17-24/h7-17,20,22,25H,5-6,18-19H2,1-4H3/b11-10+/t20-,25+/m0/s1. The van der Waals surface area contributed by atoms with Crippen LogP contribution in [0.2, 0.25) is 0 Å². The maximum Gasteiger partial charge on any atom is 0.514 e. The Morgan fingerprint density at radius 2 is 1.61 bits per heavy atom. The van der Waals surface area contributed by atoms with Crippen molar-refractivity contribution in [3.8, 4) is 11.5 Å². The van der Waals surface area contributed by atoms with Crippen molar-refractivity contribution in [3.63, 3.8) is 0 Å². The second kappa shape index (κ2) is 13.5. The van der Waals surface area contributed by atoms with Crippen molar-refractivity contribution in [2.75, 3.05) is 13.7 Å². The smallest absolute Gasteiger partial charge is 0.497 e. The molecule has 31 heavy (non-hydrogen) atoms. The molecule has 0 saturated carbocycles. The highest BCUT2D eigenvalue weighted by Crippen LogP contribution is 2.25. The molecule has 0 heterocycles. The molecule has 2 atom stereocenters. The van der Waals surface area contributed by atoms with Gasteiger partial charge < -0.3 is 18.9 Å². The molecule has 0 aliphatic rings. The molecule has 0 saturated heterocycles. The number of hydrogen-bond acceptors (Lipinski definition) is 5. The molecule has 2 rings (SSSR count). The molecule has 0 aliphatic carbocycles. The Balaban J connectivity index is 1.84. The Morgan fingerprint density at radius 1 is 0.968 bits per heavy atom. The summed E-state index contributed by atoms with van der Waals surface area (Å²) in [5, 5.41) is 0. The molecule has 0 bridgehead atoms. The minimum absolute atomic E-state index is 0.0951. The van der Waals surface area contributed by atoms with Gasteiger partial charge in [0.1, 0.15) is 18.1 Å². The van der Waals surface area contributed by atoms with Crippen molar-refractivity contribution in [2.24, 2.45) is 11.8 Å². The van der Waals surface area contributed by atoms with Crippen molar-refractivity contribution in [1.82, 2.24) is 0 Å². The topological polar surface area (TPSA) is 54.0 Å². The van der Waals surface area contributed by atoms with E-state index in [1.807, 2.05) is 24.3 Å². The molecule has 0 fully saturated rings. The average Bonchev–Trinajstić information content (AvgIpc) is 2.80. The lowest BCUT2D eigenvalue weighted by molar-refractivity contribution is -0.0237. The lowest BCUT2D eigenvalue weighted by atomic mass is 9.87. The van der Waals surface area contributed by atoms with E-state index in [-0.39, 0.29) is 18.6 Å². The number of carbonyl (C=O) groups excluding carboxylic acids is 1. The number of ether oxygens (including phenoxy) is 4. The van der Waals surface area contributed by atoms with Gasteiger partial charge in [-0.2, -0.15) is 0 Å². The van der Waals surface area contributed by atoms with Crippen LogP contribution in [-0.4, -0.2) is 26.0 Å². The van der Waals surface area contributed by atoms with E-state index in [9.17, 15) is 4.79 Å². The van der Waals surface area contributed by atoms with Crippen LogP contribution >= 0.6 is 0 Å². The van der Waals surface area contributed by atoms with E-state index in [1.165, 1.54) is 5.56 Å². The fraction of sp³-hybridized carbons (Fsp3) is 0.423. The zero-order chi connectivity index (χ0) is 22.5. The molecule has 0 unspecified atom stereocenters. The minimum atomic E-state index is -0.737. The summed E-state index contributed by atoms with van der Waals surface area (Å²) in [6.07, 6.45) is 5.37. The van der Waals surface area contributed by atoms with Crippen LogP contribution in [0.3, 0.4) is 0 Å². The number of methoxy groups -OCH3 is 1. The summed E-state index contributed by atoms with van der Waals surface area (Å²) in [5.74, 6) is 1.75. The van der Waals surface area contributed by atoms with E-state index in [4.69, 9.17) is 18.9 Å². The van der Waals surface area contributed by atoms with E-state index in [2.05, 4.69) is 39.0 Å². The molecule has 0 aromatic heterocycles. The zero-order valence-corrected chi connectivity index (χ0v) is 19.0. The van der Waals surface area contributed by atoms with Crippen LogP contribution in [-0.2, 0) is 16.1 Å². The Kier molecular flexibility index (Phi) is 10.7. The number of hydrogen-bond donors (Lipinski definition) is 0. The molecule has 0 N–H and O–H groups in total. The van der Waals surface area contributed by atoms with E-state index >= 15 is 0 Å². The minimum Gasteiger partial charge on any atom is -0.497 e. The summed E-state index contributed by atoms with van der Waals surface area (Å²) in [5.41, 5.74) is 1.17. The molecule has 0 spiro atoms. The van der Waals surface area contributed by atoms with Gasteiger partial charge in [-0.1, -0.05) is 76.1 Å². The Morgan fingerprint density at radius 3 is 2.23 bits per heavy atom. The third-order valence-corrected chi connectivity index (χ3v) is 5.31. The predicted molar refractivity (Wildman–Crippen MR) is 122 cm³/mol. The van der Waals surface area contributed by atoms with Gasteiger partial charge in [-0.25, -0.2) is 4.79 Å². The van der Waals surface area contributed by atoms with Crippen LogP contribution in [0.25, 0.3) is 0 Å². The Hall–Kier alpha value is -2.79. The summed E-state index contributed by atoms with van der Waals surface area (Å²) in [4.78, 5) is 11.9. The van der Waals surface area contributed by atoms with Crippen LogP contribution in [0.4, 0.5) is 4.79 Å².